The number of nitrogens with two attached hydrogens (primary N) is 1. The molecule has 2 N–H and O–H groups in total. The molecule has 3 nitrogen and oxygen atoms in total. The largest absolute Gasteiger partial charge is 0.382 e. The van der Waals surface area contributed by atoms with E-state index in [9.17, 15) is 0 Å². The Morgan fingerprint density at radius 3 is 2.40 bits per heavy atom. The summed E-state index contributed by atoms with van der Waals surface area (Å²) in [5.41, 5.74) is 6.33. The lowest BCUT2D eigenvalue weighted by Gasteiger charge is -1.96. The monoisotopic (exact) mass is 159 g/mol. The van der Waals surface area contributed by atoms with E-state index in [1.165, 1.54) is 0 Å². The smallest absolute Gasteiger partial charge is 0.145 e. The van der Waals surface area contributed by atoms with Gasteiger partial charge in [-0.15, -0.1) is 12.4 Å². The molecular weight excluding hydrogens is 150 g/mol. The molecule has 0 saturated heterocycles. The molecular formula is C6H10ClN3. The molecule has 56 valence electrons. The molecule has 0 spiro atoms. The summed E-state index contributed by atoms with van der Waals surface area (Å²) in [6.07, 6.45) is 4.09. The van der Waals surface area contributed by atoms with Crippen molar-refractivity contribution in [2.75, 3.05) is 5.73 Å². The zero-order chi connectivity index (χ0) is 6.69. The zero-order valence-electron chi connectivity index (χ0n) is 5.74. The van der Waals surface area contributed by atoms with Gasteiger partial charge in [-0.1, -0.05) is 6.92 Å². The molecule has 0 saturated carbocycles. The Kier molecular flexibility index (Phi) is 3.72. The second-order valence-electron chi connectivity index (χ2n) is 1.74. The van der Waals surface area contributed by atoms with Crippen LogP contribution in [0.15, 0.2) is 12.4 Å². The molecule has 0 aromatic carbocycles. The van der Waals surface area contributed by atoms with E-state index in [4.69, 9.17) is 5.73 Å². The van der Waals surface area contributed by atoms with Crippen molar-refractivity contribution in [3.05, 3.63) is 18.1 Å². The topological polar surface area (TPSA) is 51.8 Å². The number of nitrogen functional groups attached to an aromatic ring is 1. The van der Waals surface area contributed by atoms with Crippen LogP contribution < -0.4 is 5.73 Å². The van der Waals surface area contributed by atoms with E-state index >= 15 is 0 Å². The van der Waals surface area contributed by atoms with Crippen molar-refractivity contribution < 1.29 is 0 Å². The molecule has 1 rings (SSSR count). The lowest BCUT2D eigenvalue weighted by atomic mass is 10.3. The second-order valence-corrected chi connectivity index (χ2v) is 1.74. The summed E-state index contributed by atoms with van der Waals surface area (Å²) in [4.78, 5) is 7.87. The number of hydrogen-bond acceptors (Lipinski definition) is 3. The van der Waals surface area contributed by atoms with E-state index in [0.717, 1.165) is 12.1 Å². The minimum absolute atomic E-state index is 0. The number of halogens is 1. The van der Waals surface area contributed by atoms with Crippen LogP contribution in [-0.4, -0.2) is 9.97 Å². The van der Waals surface area contributed by atoms with Crippen LogP contribution in [0, 0.1) is 0 Å². The maximum atomic E-state index is 5.46. The number of nitrogens with zero attached hydrogens (tertiary/aromatic N) is 2. The number of hydrogen-bond donors (Lipinski definition) is 1. The average Bonchev–Trinajstić information content (AvgIpc) is 1.89. The fraction of sp³-hybridized carbons (Fsp3) is 0.333. The van der Waals surface area contributed by atoms with Gasteiger partial charge in [0.25, 0.3) is 0 Å². The van der Waals surface area contributed by atoms with Crippen molar-refractivity contribution in [3.8, 4) is 0 Å². The fourth-order valence-corrected chi connectivity index (χ4v) is 0.650. The maximum absolute atomic E-state index is 5.46. The van der Waals surface area contributed by atoms with Crippen molar-refractivity contribution in [3.63, 3.8) is 0 Å². The standard InChI is InChI=1S/C6H9N3.ClH/c1-2-5-6(7)9-4-3-8-5;/h3-4H,2H2,1H3,(H2,7,9);1H. The number of aryl methyl sites for hydroxylation is 1. The van der Waals surface area contributed by atoms with Crippen LogP contribution in [0.5, 0.6) is 0 Å². The van der Waals surface area contributed by atoms with Crippen molar-refractivity contribution in [1.82, 2.24) is 9.97 Å². The SMILES string of the molecule is CCc1nccnc1N.Cl. The van der Waals surface area contributed by atoms with Crippen LogP contribution >= 0.6 is 12.4 Å². The first-order valence-corrected chi connectivity index (χ1v) is 2.90. The predicted octanol–water partition coefficient (Wildman–Crippen LogP) is 1.04. The predicted molar refractivity (Wildman–Crippen MR) is 43.1 cm³/mol. The molecule has 0 aliphatic heterocycles. The Labute approximate surface area is 66.1 Å². The summed E-state index contributed by atoms with van der Waals surface area (Å²) in [6.45, 7) is 2.00. The van der Waals surface area contributed by atoms with Gasteiger partial charge in [-0.2, -0.15) is 0 Å². The van der Waals surface area contributed by atoms with Gasteiger partial charge in [-0.3, -0.25) is 4.98 Å². The molecule has 0 bridgehead atoms. The van der Waals surface area contributed by atoms with Crippen LogP contribution in [0.25, 0.3) is 0 Å². The van der Waals surface area contributed by atoms with Gasteiger partial charge in [0.15, 0.2) is 0 Å². The fourth-order valence-electron chi connectivity index (χ4n) is 0.650. The second kappa shape index (κ2) is 4.06. The van der Waals surface area contributed by atoms with Gasteiger partial charge in [0.05, 0.1) is 5.69 Å². The van der Waals surface area contributed by atoms with Gasteiger partial charge in [0, 0.05) is 12.4 Å². The Morgan fingerprint density at radius 1 is 1.40 bits per heavy atom. The van der Waals surface area contributed by atoms with E-state index in [1.54, 1.807) is 12.4 Å². The lowest BCUT2D eigenvalue weighted by molar-refractivity contribution is 1.01. The highest BCUT2D eigenvalue weighted by Gasteiger charge is 1.93. The molecule has 1 aromatic heterocycles. The summed E-state index contributed by atoms with van der Waals surface area (Å²) in [5.74, 6) is 0.542. The molecule has 0 radical (unpaired) electrons. The Morgan fingerprint density at radius 2 is 2.00 bits per heavy atom. The van der Waals surface area contributed by atoms with Gasteiger partial charge in [-0.05, 0) is 6.42 Å². The minimum Gasteiger partial charge on any atom is -0.382 e. The van der Waals surface area contributed by atoms with Crippen LogP contribution in [-0.2, 0) is 6.42 Å². The van der Waals surface area contributed by atoms with E-state index in [2.05, 4.69) is 9.97 Å². The number of aromatic nitrogens is 2. The summed E-state index contributed by atoms with van der Waals surface area (Å²) >= 11 is 0. The molecule has 1 heterocycles. The third kappa shape index (κ3) is 1.84. The van der Waals surface area contributed by atoms with Crippen LogP contribution in [0.1, 0.15) is 12.6 Å². The Hall–Kier alpha value is -0.830. The van der Waals surface area contributed by atoms with Gasteiger partial charge >= 0.3 is 0 Å². The van der Waals surface area contributed by atoms with Crippen LogP contribution in [0.2, 0.25) is 0 Å². The normalized spacial score (nSPS) is 8.50. The molecule has 1 aromatic rings. The highest BCUT2D eigenvalue weighted by atomic mass is 35.5. The van der Waals surface area contributed by atoms with Gasteiger partial charge in [0.2, 0.25) is 0 Å². The quantitative estimate of drug-likeness (QED) is 0.666. The maximum Gasteiger partial charge on any atom is 0.145 e. The molecule has 0 aliphatic carbocycles. The van der Waals surface area contributed by atoms with Crippen LogP contribution in [0.3, 0.4) is 0 Å². The highest BCUT2D eigenvalue weighted by Crippen LogP contribution is 2.01. The molecule has 10 heavy (non-hydrogen) atoms. The molecule has 0 atom stereocenters. The molecule has 0 unspecified atom stereocenters. The van der Waals surface area contributed by atoms with Gasteiger partial charge in [0.1, 0.15) is 5.82 Å². The molecule has 4 heteroatoms. The Bertz CT molecular complexity index is 202. The first-order valence-electron chi connectivity index (χ1n) is 2.90. The van der Waals surface area contributed by atoms with E-state index in [1.807, 2.05) is 6.92 Å². The summed E-state index contributed by atoms with van der Waals surface area (Å²) in [7, 11) is 0. The van der Waals surface area contributed by atoms with E-state index in [0.29, 0.717) is 5.82 Å². The summed E-state index contributed by atoms with van der Waals surface area (Å²) < 4.78 is 0. The van der Waals surface area contributed by atoms with Gasteiger partial charge < -0.3 is 5.73 Å². The first-order chi connectivity index (χ1) is 4.34. The van der Waals surface area contributed by atoms with Crippen LogP contribution in [0.4, 0.5) is 5.82 Å². The molecule has 0 amide bonds. The number of rotatable bonds is 1. The van der Waals surface area contributed by atoms with Crippen molar-refractivity contribution in [2.24, 2.45) is 0 Å². The first kappa shape index (κ1) is 9.17. The van der Waals surface area contributed by atoms with E-state index < -0.39 is 0 Å². The van der Waals surface area contributed by atoms with Crippen molar-refractivity contribution in [1.29, 1.82) is 0 Å². The van der Waals surface area contributed by atoms with Gasteiger partial charge in [-0.25, -0.2) is 4.98 Å². The zero-order valence-corrected chi connectivity index (χ0v) is 6.56. The Balaban J connectivity index is 0.000000810. The molecule has 0 aliphatic rings. The lowest BCUT2D eigenvalue weighted by Crippen LogP contribution is -1.97. The minimum atomic E-state index is 0. The third-order valence-corrected chi connectivity index (χ3v) is 1.14. The average molecular weight is 160 g/mol. The van der Waals surface area contributed by atoms with Crippen molar-refractivity contribution in [2.45, 2.75) is 13.3 Å². The van der Waals surface area contributed by atoms with E-state index in [-0.39, 0.29) is 12.4 Å². The molecule has 0 fully saturated rings. The van der Waals surface area contributed by atoms with Crippen molar-refractivity contribution >= 4 is 18.2 Å². The summed E-state index contributed by atoms with van der Waals surface area (Å²) in [5, 5.41) is 0. The third-order valence-electron chi connectivity index (χ3n) is 1.14. The number of anilines is 1. The summed E-state index contributed by atoms with van der Waals surface area (Å²) in [6, 6.07) is 0. The highest BCUT2D eigenvalue weighted by molar-refractivity contribution is 5.85.